The molecule has 1 atom stereocenters. The van der Waals surface area contributed by atoms with Gasteiger partial charge >= 0.3 is 0 Å². The fourth-order valence-electron chi connectivity index (χ4n) is 4.43. The molecule has 0 unspecified atom stereocenters. The molecular formula is C26H25N3O3. The van der Waals surface area contributed by atoms with Crippen LogP contribution >= 0.6 is 0 Å². The second kappa shape index (κ2) is 8.46. The molecule has 0 bridgehead atoms. The molecule has 0 spiro atoms. The van der Waals surface area contributed by atoms with E-state index in [1.54, 1.807) is 27.8 Å². The van der Waals surface area contributed by atoms with Crippen LogP contribution in [0.4, 0.5) is 0 Å². The minimum atomic E-state index is -0.261. The predicted octanol–water partition coefficient (Wildman–Crippen LogP) is 4.37. The van der Waals surface area contributed by atoms with Crippen LogP contribution in [0.3, 0.4) is 0 Å². The highest BCUT2D eigenvalue weighted by atomic mass is 16.3. The number of aryl methyl sites for hydroxylation is 1. The van der Waals surface area contributed by atoms with Gasteiger partial charge in [-0.1, -0.05) is 42.0 Å². The Morgan fingerprint density at radius 3 is 2.84 bits per heavy atom. The third-order valence-electron chi connectivity index (χ3n) is 6.05. The van der Waals surface area contributed by atoms with E-state index in [4.69, 9.17) is 4.42 Å². The maximum atomic E-state index is 13.3. The summed E-state index contributed by atoms with van der Waals surface area (Å²) >= 11 is 0. The molecule has 0 aliphatic carbocycles. The molecule has 1 amide bonds. The van der Waals surface area contributed by atoms with Crippen LogP contribution in [0.2, 0.25) is 0 Å². The first-order valence-corrected chi connectivity index (χ1v) is 11.0. The van der Waals surface area contributed by atoms with E-state index in [2.05, 4.69) is 11.1 Å². The number of nitrogens with zero attached hydrogens (tertiary/aromatic N) is 3. The van der Waals surface area contributed by atoms with Crippen LogP contribution in [0.25, 0.3) is 11.1 Å². The quantitative estimate of drug-likeness (QED) is 0.485. The second-order valence-corrected chi connectivity index (χ2v) is 8.45. The van der Waals surface area contributed by atoms with Gasteiger partial charge in [0.05, 0.1) is 12.5 Å². The Bertz CT molecular complexity index is 1300. The van der Waals surface area contributed by atoms with Gasteiger partial charge in [-0.2, -0.15) is 0 Å². The number of rotatable bonds is 4. The summed E-state index contributed by atoms with van der Waals surface area (Å²) < 4.78 is 7.55. The van der Waals surface area contributed by atoms with E-state index in [1.165, 1.54) is 0 Å². The van der Waals surface area contributed by atoms with Crippen molar-refractivity contribution < 1.29 is 9.21 Å². The third kappa shape index (κ3) is 3.96. The SMILES string of the molecule is Cc1cccc(Cn2cccc(C(=O)N3CCC[C@H](c4nc5ccccc5o4)C3)c2=O)c1. The Kier molecular flexibility index (Phi) is 5.35. The number of carbonyl (C=O) groups excluding carboxylic acids is 1. The molecule has 162 valence electrons. The van der Waals surface area contributed by atoms with Crippen molar-refractivity contribution in [2.24, 2.45) is 0 Å². The van der Waals surface area contributed by atoms with Crippen LogP contribution in [-0.4, -0.2) is 33.4 Å². The number of hydrogen-bond donors (Lipinski definition) is 0. The largest absolute Gasteiger partial charge is 0.440 e. The van der Waals surface area contributed by atoms with Crippen LogP contribution in [0.5, 0.6) is 0 Å². The van der Waals surface area contributed by atoms with E-state index < -0.39 is 0 Å². The Morgan fingerprint density at radius 1 is 1.12 bits per heavy atom. The van der Waals surface area contributed by atoms with E-state index in [0.717, 1.165) is 35.1 Å². The molecule has 0 N–H and O–H groups in total. The van der Waals surface area contributed by atoms with E-state index in [-0.39, 0.29) is 22.9 Å². The van der Waals surface area contributed by atoms with E-state index in [0.29, 0.717) is 25.5 Å². The molecule has 1 saturated heterocycles. The zero-order chi connectivity index (χ0) is 22.1. The van der Waals surface area contributed by atoms with Crippen molar-refractivity contribution in [1.29, 1.82) is 0 Å². The summed E-state index contributed by atoms with van der Waals surface area (Å²) in [6.07, 6.45) is 3.49. The fraction of sp³-hybridized carbons (Fsp3) is 0.269. The van der Waals surface area contributed by atoms with E-state index in [1.807, 2.05) is 49.4 Å². The molecular weight excluding hydrogens is 402 g/mol. The molecule has 6 heteroatoms. The first kappa shape index (κ1) is 20.2. The monoisotopic (exact) mass is 427 g/mol. The van der Waals surface area contributed by atoms with Gasteiger partial charge in [0.1, 0.15) is 11.1 Å². The lowest BCUT2D eigenvalue weighted by Crippen LogP contribution is -2.42. The summed E-state index contributed by atoms with van der Waals surface area (Å²) in [5, 5.41) is 0. The molecule has 4 aromatic rings. The molecule has 1 fully saturated rings. The minimum absolute atomic E-state index is 0.0262. The molecule has 6 nitrogen and oxygen atoms in total. The Hall–Kier alpha value is -3.67. The van der Waals surface area contributed by atoms with Crippen LogP contribution in [0, 0.1) is 6.92 Å². The number of para-hydroxylation sites is 2. The van der Waals surface area contributed by atoms with Gasteiger partial charge in [-0.25, -0.2) is 4.98 Å². The van der Waals surface area contributed by atoms with Gasteiger partial charge in [0.15, 0.2) is 11.5 Å². The molecule has 0 radical (unpaired) electrons. The smallest absolute Gasteiger partial charge is 0.263 e. The number of hydrogen-bond acceptors (Lipinski definition) is 4. The van der Waals surface area contributed by atoms with Crippen LogP contribution in [0.15, 0.2) is 76.1 Å². The lowest BCUT2D eigenvalue weighted by atomic mass is 9.97. The summed E-state index contributed by atoms with van der Waals surface area (Å²) in [4.78, 5) is 32.8. The van der Waals surface area contributed by atoms with Gasteiger partial charge < -0.3 is 13.9 Å². The number of oxazole rings is 1. The summed E-state index contributed by atoms with van der Waals surface area (Å²) in [5.41, 5.74) is 3.70. The highest BCUT2D eigenvalue weighted by Gasteiger charge is 2.29. The minimum Gasteiger partial charge on any atom is -0.440 e. The Morgan fingerprint density at radius 2 is 2.00 bits per heavy atom. The number of benzene rings is 2. The fourth-order valence-corrected chi connectivity index (χ4v) is 4.43. The molecule has 1 aliphatic rings. The van der Waals surface area contributed by atoms with Gasteiger partial charge in [-0.15, -0.1) is 0 Å². The van der Waals surface area contributed by atoms with Crippen molar-refractivity contribution in [2.45, 2.75) is 32.2 Å². The van der Waals surface area contributed by atoms with E-state index >= 15 is 0 Å². The molecule has 3 heterocycles. The maximum absolute atomic E-state index is 13.3. The van der Waals surface area contributed by atoms with Crippen molar-refractivity contribution in [3.63, 3.8) is 0 Å². The Balaban J connectivity index is 1.37. The number of likely N-dealkylation sites (tertiary alicyclic amines) is 1. The van der Waals surface area contributed by atoms with Gasteiger partial charge in [0, 0.05) is 19.3 Å². The number of carbonyl (C=O) groups is 1. The summed E-state index contributed by atoms with van der Waals surface area (Å²) in [6.45, 7) is 3.59. The third-order valence-corrected chi connectivity index (χ3v) is 6.05. The van der Waals surface area contributed by atoms with E-state index in [9.17, 15) is 9.59 Å². The molecule has 0 saturated carbocycles. The van der Waals surface area contributed by atoms with Gasteiger partial charge in [0.2, 0.25) is 0 Å². The van der Waals surface area contributed by atoms with Crippen LogP contribution < -0.4 is 5.56 Å². The number of fused-ring (bicyclic) bond motifs is 1. The lowest BCUT2D eigenvalue weighted by Gasteiger charge is -2.31. The van der Waals surface area contributed by atoms with Gasteiger partial charge in [0.25, 0.3) is 11.5 Å². The van der Waals surface area contributed by atoms with Crippen molar-refractivity contribution in [3.05, 3.63) is 99.8 Å². The maximum Gasteiger partial charge on any atom is 0.263 e. The first-order chi connectivity index (χ1) is 15.6. The topological polar surface area (TPSA) is 68.3 Å². The standard InChI is InChI=1S/C26H25N3O3/c1-18-7-4-8-19(15-18)16-28-14-6-10-21(25(28)30)26(31)29-13-5-9-20(17-29)24-27-22-11-2-3-12-23(22)32-24/h2-4,6-8,10-12,14-15,20H,5,9,13,16-17H2,1H3/t20-/m0/s1. The normalized spacial score (nSPS) is 16.4. The van der Waals surface area contributed by atoms with Crippen molar-refractivity contribution in [1.82, 2.24) is 14.5 Å². The van der Waals surface area contributed by atoms with Gasteiger partial charge in [-0.3, -0.25) is 9.59 Å². The lowest BCUT2D eigenvalue weighted by molar-refractivity contribution is 0.0696. The van der Waals surface area contributed by atoms with Crippen LogP contribution in [0.1, 0.15) is 46.1 Å². The highest BCUT2D eigenvalue weighted by molar-refractivity contribution is 5.94. The van der Waals surface area contributed by atoms with Gasteiger partial charge in [-0.05, 0) is 49.6 Å². The second-order valence-electron chi connectivity index (χ2n) is 8.45. The molecule has 2 aromatic carbocycles. The number of aromatic nitrogens is 2. The van der Waals surface area contributed by atoms with Crippen molar-refractivity contribution in [2.75, 3.05) is 13.1 Å². The Labute approximate surface area is 186 Å². The summed E-state index contributed by atoms with van der Waals surface area (Å²) in [6, 6.07) is 19.1. The zero-order valence-electron chi connectivity index (χ0n) is 18.0. The molecule has 2 aromatic heterocycles. The molecule has 1 aliphatic heterocycles. The summed E-state index contributed by atoms with van der Waals surface area (Å²) in [5.74, 6) is 0.460. The molecule has 5 rings (SSSR count). The highest BCUT2D eigenvalue weighted by Crippen LogP contribution is 2.29. The van der Waals surface area contributed by atoms with Crippen molar-refractivity contribution >= 4 is 17.0 Å². The first-order valence-electron chi connectivity index (χ1n) is 11.0. The number of amides is 1. The summed E-state index contributed by atoms with van der Waals surface area (Å²) in [7, 11) is 0. The number of pyridine rings is 1. The van der Waals surface area contributed by atoms with Crippen molar-refractivity contribution in [3.8, 4) is 0 Å². The average Bonchev–Trinajstić information content (AvgIpc) is 3.25. The zero-order valence-corrected chi connectivity index (χ0v) is 18.0. The number of piperidine rings is 1. The molecule has 32 heavy (non-hydrogen) atoms. The van der Waals surface area contributed by atoms with Crippen LogP contribution in [-0.2, 0) is 6.54 Å². The predicted molar refractivity (Wildman–Crippen MR) is 123 cm³/mol. The average molecular weight is 428 g/mol.